The molecule has 1 unspecified atom stereocenters. The van der Waals surface area contributed by atoms with Crippen molar-refractivity contribution in [2.75, 3.05) is 5.32 Å². The topological polar surface area (TPSA) is 81.6 Å². The number of rotatable bonds is 6. The Labute approximate surface area is 194 Å². The highest BCUT2D eigenvalue weighted by molar-refractivity contribution is 6.30. The van der Waals surface area contributed by atoms with E-state index in [9.17, 15) is 13.6 Å². The molecule has 0 radical (unpaired) electrons. The van der Waals surface area contributed by atoms with Gasteiger partial charge in [0.2, 0.25) is 5.91 Å². The normalized spacial score (nSPS) is 12.1. The molecule has 2 aromatic carbocycles. The van der Waals surface area contributed by atoms with Crippen molar-refractivity contribution in [1.29, 1.82) is 0 Å². The number of aromatic nitrogens is 2. The standard InChI is InChI=1S/C24H21ClF2N4O2/c1-13-10-20(33-12-17-18(26)4-3-5-19(17)27)23-29-14(2)22(31(23)11-13)30-24(32)21(28)15-6-8-16(25)9-7-15/h3-11,21H,12,28H2,1-2H3,(H,30,32). The van der Waals surface area contributed by atoms with E-state index in [2.05, 4.69) is 10.3 Å². The van der Waals surface area contributed by atoms with Crippen LogP contribution in [0.25, 0.3) is 5.65 Å². The number of carbonyl (C=O) groups is 1. The SMILES string of the molecule is Cc1cc(OCc2c(F)cccc2F)c2nc(C)c(NC(=O)C(N)c3ccc(Cl)cc3)n2c1. The van der Waals surface area contributed by atoms with Gasteiger partial charge in [-0.1, -0.05) is 29.8 Å². The lowest BCUT2D eigenvalue weighted by Crippen LogP contribution is -2.28. The third-order valence-corrected chi connectivity index (χ3v) is 5.44. The fraction of sp³-hybridized carbons (Fsp3) is 0.167. The second kappa shape index (κ2) is 9.17. The van der Waals surface area contributed by atoms with Crippen molar-refractivity contribution in [3.05, 3.63) is 93.8 Å². The third kappa shape index (κ3) is 4.67. The Morgan fingerprint density at radius 1 is 1.18 bits per heavy atom. The lowest BCUT2D eigenvalue weighted by atomic mass is 10.1. The number of nitrogens with zero attached hydrogens (tertiary/aromatic N) is 2. The first-order chi connectivity index (χ1) is 15.7. The Kier molecular flexibility index (Phi) is 6.31. The summed E-state index contributed by atoms with van der Waals surface area (Å²) in [4.78, 5) is 17.3. The maximum atomic E-state index is 14.0. The molecule has 0 aliphatic carbocycles. The van der Waals surface area contributed by atoms with Gasteiger partial charge in [-0.2, -0.15) is 0 Å². The van der Waals surface area contributed by atoms with Crippen molar-refractivity contribution in [3.8, 4) is 5.75 Å². The summed E-state index contributed by atoms with van der Waals surface area (Å²) in [5, 5.41) is 3.36. The van der Waals surface area contributed by atoms with Crippen LogP contribution in [0.15, 0.2) is 54.7 Å². The molecule has 0 saturated carbocycles. The van der Waals surface area contributed by atoms with Gasteiger partial charge in [-0.05, 0) is 55.3 Å². The van der Waals surface area contributed by atoms with E-state index in [1.54, 1.807) is 47.9 Å². The van der Waals surface area contributed by atoms with E-state index in [0.717, 1.165) is 5.56 Å². The van der Waals surface area contributed by atoms with Gasteiger partial charge in [0.15, 0.2) is 11.4 Å². The first-order valence-electron chi connectivity index (χ1n) is 10.1. The maximum Gasteiger partial charge on any atom is 0.247 e. The zero-order valence-corrected chi connectivity index (χ0v) is 18.7. The Balaban J connectivity index is 1.62. The molecule has 9 heteroatoms. The number of halogens is 3. The van der Waals surface area contributed by atoms with E-state index >= 15 is 0 Å². The number of nitrogens with two attached hydrogens (primary N) is 1. The van der Waals surface area contributed by atoms with Crippen LogP contribution >= 0.6 is 11.6 Å². The highest BCUT2D eigenvalue weighted by atomic mass is 35.5. The van der Waals surface area contributed by atoms with Gasteiger partial charge >= 0.3 is 0 Å². The molecule has 2 aromatic heterocycles. The fourth-order valence-corrected chi connectivity index (χ4v) is 3.58. The monoisotopic (exact) mass is 470 g/mol. The Morgan fingerprint density at radius 2 is 1.85 bits per heavy atom. The quantitative estimate of drug-likeness (QED) is 0.411. The highest BCUT2D eigenvalue weighted by Crippen LogP contribution is 2.28. The summed E-state index contributed by atoms with van der Waals surface area (Å²) >= 11 is 5.90. The molecule has 6 nitrogen and oxygen atoms in total. The Morgan fingerprint density at radius 3 is 2.52 bits per heavy atom. The number of hydrogen-bond acceptors (Lipinski definition) is 4. The number of fused-ring (bicyclic) bond motifs is 1. The molecule has 33 heavy (non-hydrogen) atoms. The van der Waals surface area contributed by atoms with Gasteiger partial charge in [-0.3, -0.25) is 9.20 Å². The summed E-state index contributed by atoms with van der Waals surface area (Å²) in [5.41, 5.74) is 8.26. The van der Waals surface area contributed by atoms with Crippen LogP contribution in [0.1, 0.15) is 28.4 Å². The summed E-state index contributed by atoms with van der Waals surface area (Å²) in [6, 6.07) is 11.1. The molecule has 4 rings (SSSR count). The van der Waals surface area contributed by atoms with Crippen molar-refractivity contribution in [1.82, 2.24) is 9.38 Å². The maximum absolute atomic E-state index is 14.0. The molecule has 0 aliphatic heterocycles. The number of benzene rings is 2. The van der Waals surface area contributed by atoms with Crippen molar-refractivity contribution < 1.29 is 18.3 Å². The summed E-state index contributed by atoms with van der Waals surface area (Å²) in [5.74, 6) is -1.07. The van der Waals surface area contributed by atoms with E-state index in [1.807, 2.05) is 6.92 Å². The Hall–Kier alpha value is -3.49. The number of carbonyl (C=O) groups excluding carboxylic acids is 1. The summed E-state index contributed by atoms with van der Waals surface area (Å²) in [7, 11) is 0. The lowest BCUT2D eigenvalue weighted by Gasteiger charge is -2.14. The molecule has 1 amide bonds. The molecule has 0 bridgehead atoms. The van der Waals surface area contributed by atoms with E-state index in [-0.39, 0.29) is 12.2 Å². The van der Waals surface area contributed by atoms with Crippen LogP contribution in [0.5, 0.6) is 5.75 Å². The fourth-order valence-electron chi connectivity index (χ4n) is 3.45. The van der Waals surface area contributed by atoms with Crippen molar-refractivity contribution in [2.24, 2.45) is 5.73 Å². The smallest absolute Gasteiger partial charge is 0.247 e. The van der Waals surface area contributed by atoms with E-state index in [0.29, 0.717) is 33.5 Å². The van der Waals surface area contributed by atoms with Crippen LogP contribution in [0, 0.1) is 25.5 Å². The number of pyridine rings is 1. The van der Waals surface area contributed by atoms with Gasteiger partial charge in [-0.25, -0.2) is 13.8 Å². The number of imidazole rings is 1. The molecule has 1 atom stereocenters. The molecular weight excluding hydrogens is 450 g/mol. The van der Waals surface area contributed by atoms with Gasteiger partial charge in [0.1, 0.15) is 30.1 Å². The highest BCUT2D eigenvalue weighted by Gasteiger charge is 2.21. The number of hydrogen-bond donors (Lipinski definition) is 2. The summed E-state index contributed by atoms with van der Waals surface area (Å²) < 4.78 is 35.4. The molecule has 2 heterocycles. The minimum atomic E-state index is -0.920. The number of nitrogens with one attached hydrogen (secondary N) is 1. The zero-order chi connectivity index (χ0) is 23.7. The van der Waals surface area contributed by atoms with E-state index in [4.69, 9.17) is 22.1 Å². The minimum Gasteiger partial charge on any atom is -0.485 e. The van der Waals surface area contributed by atoms with E-state index < -0.39 is 23.6 Å². The average Bonchev–Trinajstić information content (AvgIpc) is 3.08. The van der Waals surface area contributed by atoms with Crippen LogP contribution in [0.2, 0.25) is 5.02 Å². The first kappa shape index (κ1) is 22.7. The molecule has 0 spiro atoms. The van der Waals surface area contributed by atoms with Gasteiger partial charge in [0.25, 0.3) is 0 Å². The predicted octanol–water partition coefficient (Wildman–Crippen LogP) is 5.10. The summed E-state index contributed by atoms with van der Waals surface area (Å²) in [6.07, 6.45) is 1.77. The van der Waals surface area contributed by atoms with Crippen LogP contribution < -0.4 is 15.8 Å². The second-order valence-electron chi connectivity index (χ2n) is 7.63. The van der Waals surface area contributed by atoms with Gasteiger partial charge in [0.05, 0.1) is 11.3 Å². The van der Waals surface area contributed by atoms with Crippen LogP contribution in [0.4, 0.5) is 14.6 Å². The number of aryl methyl sites for hydroxylation is 2. The van der Waals surface area contributed by atoms with Gasteiger partial charge < -0.3 is 15.8 Å². The lowest BCUT2D eigenvalue weighted by molar-refractivity contribution is -0.117. The zero-order valence-electron chi connectivity index (χ0n) is 17.9. The average molecular weight is 471 g/mol. The molecule has 4 aromatic rings. The third-order valence-electron chi connectivity index (χ3n) is 5.18. The largest absolute Gasteiger partial charge is 0.485 e. The molecule has 0 saturated heterocycles. The van der Waals surface area contributed by atoms with Crippen LogP contribution in [-0.2, 0) is 11.4 Å². The first-order valence-corrected chi connectivity index (χ1v) is 10.5. The van der Waals surface area contributed by atoms with Crippen molar-refractivity contribution in [3.63, 3.8) is 0 Å². The van der Waals surface area contributed by atoms with Gasteiger partial charge in [-0.15, -0.1) is 0 Å². The number of anilines is 1. The van der Waals surface area contributed by atoms with E-state index in [1.165, 1.54) is 18.2 Å². The van der Waals surface area contributed by atoms with Crippen LogP contribution in [-0.4, -0.2) is 15.3 Å². The molecule has 0 fully saturated rings. The number of amides is 1. The molecule has 170 valence electrons. The Bertz CT molecular complexity index is 1320. The molecule has 3 N–H and O–H groups in total. The van der Waals surface area contributed by atoms with Crippen LogP contribution in [0.3, 0.4) is 0 Å². The number of ether oxygens (including phenoxy) is 1. The molecular formula is C24H21ClF2N4O2. The summed E-state index contributed by atoms with van der Waals surface area (Å²) in [6.45, 7) is 3.25. The second-order valence-corrected chi connectivity index (χ2v) is 8.06. The van der Waals surface area contributed by atoms with Crippen molar-refractivity contribution >= 4 is 29.0 Å². The predicted molar refractivity (Wildman–Crippen MR) is 122 cm³/mol. The molecule has 0 aliphatic rings. The van der Waals surface area contributed by atoms with Crippen molar-refractivity contribution in [2.45, 2.75) is 26.5 Å². The van der Waals surface area contributed by atoms with Gasteiger partial charge in [0, 0.05) is 11.2 Å². The minimum absolute atomic E-state index is 0.178.